The number of piperazine rings is 1. The van der Waals surface area contributed by atoms with E-state index < -0.39 is 23.6 Å². The summed E-state index contributed by atoms with van der Waals surface area (Å²) in [4.78, 5) is 25.1. The molecule has 1 saturated heterocycles. The molecule has 2 aliphatic rings. The predicted molar refractivity (Wildman–Crippen MR) is 150 cm³/mol. The fourth-order valence-electron chi connectivity index (χ4n) is 5.12. The van der Waals surface area contributed by atoms with Crippen molar-refractivity contribution in [1.29, 1.82) is 0 Å². The summed E-state index contributed by atoms with van der Waals surface area (Å²) in [7, 11) is 1.97. The molecule has 220 valence electrons. The van der Waals surface area contributed by atoms with Gasteiger partial charge in [0.15, 0.2) is 5.65 Å². The molecule has 3 heterocycles. The van der Waals surface area contributed by atoms with Gasteiger partial charge in [0.25, 0.3) is 0 Å². The molecule has 4 aromatic rings. The van der Waals surface area contributed by atoms with E-state index in [-0.39, 0.29) is 35.3 Å². The number of nitrogens with zero attached hydrogens (tertiary/aromatic N) is 6. The first-order valence-corrected chi connectivity index (χ1v) is 13.5. The first kappa shape index (κ1) is 27.8. The molecule has 0 spiro atoms. The van der Waals surface area contributed by atoms with Gasteiger partial charge in [-0.3, -0.25) is 4.90 Å². The molecule has 1 aliphatic carbocycles. The van der Waals surface area contributed by atoms with Gasteiger partial charge in [0.05, 0.1) is 22.7 Å². The fraction of sp³-hybridized carbons (Fsp3) is 0.357. The van der Waals surface area contributed by atoms with Gasteiger partial charge in [0.1, 0.15) is 23.7 Å². The molecular formula is C28H29F4N9O. The molecule has 0 radical (unpaired) electrons. The number of alkyl halides is 3. The lowest BCUT2D eigenvalue weighted by Crippen LogP contribution is -2.44. The maximum Gasteiger partial charge on any atom is 0.416 e. The van der Waals surface area contributed by atoms with Crippen LogP contribution in [0.5, 0.6) is 0 Å². The second kappa shape index (κ2) is 10.8. The molecule has 6 rings (SSSR count). The number of amides is 2. The van der Waals surface area contributed by atoms with Crippen LogP contribution in [0.25, 0.3) is 22.3 Å². The maximum absolute atomic E-state index is 15.1. The van der Waals surface area contributed by atoms with Gasteiger partial charge in [-0.15, -0.1) is 0 Å². The lowest BCUT2D eigenvalue weighted by Gasteiger charge is -2.33. The summed E-state index contributed by atoms with van der Waals surface area (Å²) in [5.41, 5.74) is 6.57. The van der Waals surface area contributed by atoms with E-state index in [0.717, 1.165) is 32.0 Å². The minimum Gasteiger partial charge on any atom is -0.383 e. The second-order valence-electron chi connectivity index (χ2n) is 10.7. The molecule has 4 N–H and O–H groups in total. The van der Waals surface area contributed by atoms with Gasteiger partial charge >= 0.3 is 12.2 Å². The van der Waals surface area contributed by atoms with E-state index in [1.54, 1.807) is 10.7 Å². The summed E-state index contributed by atoms with van der Waals surface area (Å²) in [5, 5.41) is 9.88. The van der Waals surface area contributed by atoms with Crippen LogP contribution in [0, 0.1) is 5.82 Å². The summed E-state index contributed by atoms with van der Waals surface area (Å²) >= 11 is 0. The van der Waals surface area contributed by atoms with Crippen molar-refractivity contribution in [3.05, 3.63) is 59.7 Å². The smallest absolute Gasteiger partial charge is 0.383 e. The lowest BCUT2D eigenvalue weighted by molar-refractivity contribution is -0.138. The Labute approximate surface area is 238 Å². The SMILES string of the molecule is CN1CCN(Cc2ccc(NC(=O)Nc3ccc(-c4nn(C5CC5)c5ncnc(N)c45)cc3F)cc2C(F)(F)F)CC1. The third-order valence-electron chi connectivity index (χ3n) is 7.56. The first-order valence-electron chi connectivity index (χ1n) is 13.5. The molecular weight excluding hydrogens is 554 g/mol. The topological polar surface area (TPSA) is 117 Å². The van der Waals surface area contributed by atoms with E-state index in [0.29, 0.717) is 35.4 Å². The van der Waals surface area contributed by atoms with Gasteiger partial charge in [-0.05, 0) is 49.7 Å². The zero-order valence-electron chi connectivity index (χ0n) is 22.7. The van der Waals surface area contributed by atoms with Crippen LogP contribution in [0.2, 0.25) is 0 Å². The number of aromatic nitrogens is 4. The third-order valence-corrected chi connectivity index (χ3v) is 7.56. The van der Waals surface area contributed by atoms with Crippen molar-refractivity contribution < 1.29 is 22.4 Å². The van der Waals surface area contributed by atoms with Gasteiger partial charge in [-0.2, -0.15) is 18.3 Å². The van der Waals surface area contributed by atoms with Crippen LogP contribution in [0.15, 0.2) is 42.7 Å². The molecule has 2 fully saturated rings. The van der Waals surface area contributed by atoms with E-state index in [1.807, 2.05) is 11.9 Å². The lowest BCUT2D eigenvalue weighted by atomic mass is 10.0. The largest absolute Gasteiger partial charge is 0.416 e. The van der Waals surface area contributed by atoms with Crippen molar-refractivity contribution in [1.82, 2.24) is 29.5 Å². The Hall–Kier alpha value is -4.30. The van der Waals surface area contributed by atoms with E-state index in [2.05, 4.69) is 30.6 Å². The molecule has 2 amide bonds. The molecule has 2 aromatic carbocycles. The Morgan fingerprint density at radius 2 is 1.81 bits per heavy atom. The van der Waals surface area contributed by atoms with Crippen molar-refractivity contribution in [2.75, 3.05) is 49.6 Å². The molecule has 1 aliphatic heterocycles. The van der Waals surface area contributed by atoms with E-state index in [1.165, 1.54) is 30.6 Å². The van der Waals surface area contributed by atoms with Crippen molar-refractivity contribution in [2.24, 2.45) is 0 Å². The molecule has 0 bridgehead atoms. The average Bonchev–Trinajstić information content (AvgIpc) is 3.71. The van der Waals surface area contributed by atoms with Gasteiger partial charge < -0.3 is 21.3 Å². The number of nitrogen functional groups attached to an aromatic ring is 1. The molecule has 14 heteroatoms. The maximum atomic E-state index is 15.1. The Morgan fingerprint density at radius 1 is 1.05 bits per heavy atom. The number of urea groups is 1. The summed E-state index contributed by atoms with van der Waals surface area (Å²) < 4.78 is 58.6. The highest BCUT2D eigenvalue weighted by atomic mass is 19.4. The van der Waals surface area contributed by atoms with Crippen molar-refractivity contribution in [3.63, 3.8) is 0 Å². The Balaban J connectivity index is 1.18. The van der Waals surface area contributed by atoms with Crippen LogP contribution in [-0.4, -0.2) is 68.8 Å². The number of anilines is 3. The molecule has 0 atom stereocenters. The highest BCUT2D eigenvalue weighted by Crippen LogP contribution is 2.40. The number of nitrogens with one attached hydrogen (secondary N) is 2. The van der Waals surface area contributed by atoms with Crippen LogP contribution in [0.3, 0.4) is 0 Å². The second-order valence-corrected chi connectivity index (χ2v) is 10.7. The van der Waals surface area contributed by atoms with Crippen LogP contribution in [-0.2, 0) is 12.7 Å². The molecule has 1 saturated carbocycles. The monoisotopic (exact) mass is 583 g/mol. The Bertz CT molecular complexity index is 1640. The van der Waals surface area contributed by atoms with Gasteiger partial charge in [0, 0.05) is 44.0 Å². The quantitative estimate of drug-likeness (QED) is 0.275. The third kappa shape index (κ3) is 5.72. The minimum atomic E-state index is -4.61. The molecule has 42 heavy (non-hydrogen) atoms. The van der Waals surface area contributed by atoms with Gasteiger partial charge in [0.2, 0.25) is 0 Å². The summed E-state index contributed by atoms with van der Waals surface area (Å²) in [5.74, 6) is -0.539. The Morgan fingerprint density at radius 3 is 2.50 bits per heavy atom. The number of hydrogen-bond donors (Lipinski definition) is 3. The number of fused-ring (bicyclic) bond motifs is 1. The van der Waals surface area contributed by atoms with E-state index in [4.69, 9.17) is 5.73 Å². The predicted octanol–water partition coefficient (Wildman–Crippen LogP) is 4.96. The Kier molecular flexibility index (Phi) is 7.19. The van der Waals surface area contributed by atoms with Crippen LogP contribution in [0.4, 0.5) is 39.5 Å². The number of nitrogens with two attached hydrogens (primary N) is 1. The highest BCUT2D eigenvalue weighted by Gasteiger charge is 2.34. The van der Waals surface area contributed by atoms with Gasteiger partial charge in [-0.1, -0.05) is 12.1 Å². The minimum absolute atomic E-state index is 0.0634. The van der Waals surface area contributed by atoms with Crippen LogP contribution >= 0.6 is 0 Å². The zero-order valence-corrected chi connectivity index (χ0v) is 22.7. The van der Waals surface area contributed by atoms with Crippen molar-refractivity contribution in [2.45, 2.75) is 31.6 Å². The van der Waals surface area contributed by atoms with Crippen molar-refractivity contribution >= 4 is 34.3 Å². The summed E-state index contributed by atoms with van der Waals surface area (Å²) in [6.45, 7) is 3.04. The summed E-state index contributed by atoms with van der Waals surface area (Å²) in [6, 6.07) is 7.12. The average molecular weight is 584 g/mol. The first-order chi connectivity index (χ1) is 20.1. The number of hydrogen-bond acceptors (Lipinski definition) is 7. The number of halogens is 4. The fourth-order valence-corrected chi connectivity index (χ4v) is 5.12. The number of likely N-dealkylation sites (N-methyl/N-ethyl adjacent to an activating group) is 1. The van der Waals surface area contributed by atoms with Crippen LogP contribution < -0.4 is 16.4 Å². The normalized spacial score (nSPS) is 16.6. The van der Waals surface area contributed by atoms with Crippen molar-refractivity contribution in [3.8, 4) is 11.3 Å². The summed E-state index contributed by atoms with van der Waals surface area (Å²) in [6.07, 6.45) is -1.35. The number of carbonyl (C=O) groups is 1. The number of benzene rings is 2. The molecule has 0 unspecified atom stereocenters. The van der Waals surface area contributed by atoms with Crippen LogP contribution in [0.1, 0.15) is 30.0 Å². The standard InChI is InChI=1S/C28H29F4N9O/c1-39-8-10-40(11-9-39)14-17-2-4-18(13-20(17)28(30,31)32)36-27(42)37-22-7-3-16(12-21(22)29)24-23-25(33)34-15-35-26(23)41(38-24)19-5-6-19/h2-4,7,12-13,15,19H,5-6,8-11,14H2,1H3,(H2,33,34,35)(H2,36,37,42). The number of carbonyl (C=O) groups excluding carboxylic acids is 1. The molecule has 2 aromatic heterocycles. The zero-order chi connectivity index (χ0) is 29.6. The van der Waals surface area contributed by atoms with E-state index in [9.17, 15) is 18.0 Å². The number of rotatable bonds is 6. The molecule has 10 nitrogen and oxygen atoms in total. The highest BCUT2D eigenvalue weighted by molar-refractivity contribution is 6.01. The van der Waals surface area contributed by atoms with E-state index >= 15 is 4.39 Å². The van der Waals surface area contributed by atoms with Gasteiger partial charge in [-0.25, -0.2) is 23.8 Å².